The summed E-state index contributed by atoms with van der Waals surface area (Å²) in [6.07, 6.45) is 2.69. The standard InChI is InChI=1S/C12H11N2O5PS2/c13-12-14-9(6-3-4-8(19-6)20(16,17)18)11(22-12)10(15)7-2-1-5-21-7/h2-4H,1,5H2,(H2,13,14)(H2,16,17,18). The molecule has 0 fully saturated rings. The summed E-state index contributed by atoms with van der Waals surface area (Å²) >= 11 is 2.49. The summed E-state index contributed by atoms with van der Waals surface area (Å²) in [5.74, 6) is 0.771. The minimum Gasteiger partial charge on any atom is -0.446 e. The molecule has 0 radical (unpaired) electrons. The van der Waals surface area contributed by atoms with E-state index in [2.05, 4.69) is 4.98 Å². The van der Waals surface area contributed by atoms with E-state index < -0.39 is 13.1 Å². The highest BCUT2D eigenvalue weighted by atomic mass is 32.2. The van der Waals surface area contributed by atoms with Gasteiger partial charge in [-0.2, -0.15) is 0 Å². The summed E-state index contributed by atoms with van der Waals surface area (Å²) in [5.41, 5.74) is 5.42. The number of hydrogen-bond donors (Lipinski definition) is 3. The highest BCUT2D eigenvalue weighted by Crippen LogP contribution is 2.39. The first-order valence-corrected chi connectivity index (χ1v) is 9.58. The van der Waals surface area contributed by atoms with Crippen molar-refractivity contribution in [1.82, 2.24) is 4.98 Å². The molecule has 0 saturated carbocycles. The Labute approximate surface area is 133 Å². The van der Waals surface area contributed by atoms with E-state index in [1.807, 2.05) is 6.08 Å². The molecular weight excluding hydrogens is 347 g/mol. The number of nitrogens with zero attached hydrogens (tertiary/aromatic N) is 1. The average molecular weight is 358 g/mol. The molecule has 0 aliphatic carbocycles. The smallest absolute Gasteiger partial charge is 0.391 e. The summed E-state index contributed by atoms with van der Waals surface area (Å²) in [6, 6.07) is 2.54. The number of ketones is 1. The molecule has 4 N–H and O–H groups in total. The average Bonchev–Trinajstić information content (AvgIpc) is 3.17. The normalized spacial score (nSPS) is 15.1. The van der Waals surface area contributed by atoms with E-state index in [1.165, 1.54) is 23.9 Å². The number of Topliss-reactive ketones (excluding diaryl/α,β-unsaturated/α-hetero) is 1. The van der Waals surface area contributed by atoms with Crippen LogP contribution in [-0.2, 0) is 4.57 Å². The zero-order chi connectivity index (χ0) is 15.9. The minimum absolute atomic E-state index is 0.109. The van der Waals surface area contributed by atoms with Gasteiger partial charge in [-0.05, 0) is 18.6 Å². The predicted molar refractivity (Wildman–Crippen MR) is 85.4 cm³/mol. The second-order valence-corrected chi connectivity index (χ2v) is 8.14. The maximum Gasteiger partial charge on any atom is 0.391 e. The number of thioether (sulfide) groups is 1. The van der Waals surface area contributed by atoms with E-state index in [0.717, 1.165) is 23.5 Å². The number of anilines is 1. The molecule has 3 heterocycles. The highest BCUT2D eigenvalue weighted by Gasteiger charge is 2.27. The Kier molecular flexibility index (Phi) is 4.00. The van der Waals surface area contributed by atoms with Crippen molar-refractivity contribution < 1.29 is 23.6 Å². The van der Waals surface area contributed by atoms with Crippen LogP contribution in [0.3, 0.4) is 0 Å². The van der Waals surface area contributed by atoms with E-state index in [4.69, 9.17) is 19.9 Å². The number of furan rings is 1. The Morgan fingerprint density at radius 2 is 2.18 bits per heavy atom. The lowest BCUT2D eigenvalue weighted by Crippen LogP contribution is -2.00. The number of nitrogen functional groups attached to an aromatic ring is 1. The number of nitrogens with two attached hydrogens (primary N) is 1. The maximum atomic E-state index is 12.5. The molecule has 22 heavy (non-hydrogen) atoms. The van der Waals surface area contributed by atoms with Gasteiger partial charge in [-0.3, -0.25) is 9.36 Å². The molecule has 0 spiro atoms. The molecule has 1 aliphatic heterocycles. The quantitative estimate of drug-likeness (QED) is 0.559. The highest BCUT2D eigenvalue weighted by molar-refractivity contribution is 8.04. The van der Waals surface area contributed by atoms with Gasteiger partial charge in [0.1, 0.15) is 10.6 Å². The zero-order valence-corrected chi connectivity index (χ0v) is 13.6. The van der Waals surface area contributed by atoms with Crippen LogP contribution in [0.25, 0.3) is 11.5 Å². The molecule has 3 rings (SSSR count). The van der Waals surface area contributed by atoms with Crippen LogP contribution in [0.5, 0.6) is 0 Å². The Morgan fingerprint density at radius 1 is 1.41 bits per heavy atom. The predicted octanol–water partition coefficient (Wildman–Crippen LogP) is 1.99. The first-order chi connectivity index (χ1) is 10.4. The van der Waals surface area contributed by atoms with Gasteiger partial charge in [0.25, 0.3) is 0 Å². The lowest BCUT2D eigenvalue weighted by Gasteiger charge is -2.01. The summed E-state index contributed by atoms with van der Waals surface area (Å²) in [4.78, 5) is 35.7. The van der Waals surface area contributed by atoms with Gasteiger partial charge in [-0.1, -0.05) is 17.4 Å². The van der Waals surface area contributed by atoms with Gasteiger partial charge in [0.2, 0.25) is 11.3 Å². The molecule has 2 aromatic rings. The third kappa shape index (κ3) is 2.90. The number of allylic oxidation sites excluding steroid dienone is 2. The molecule has 0 unspecified atom stereocenters. The lowest BCUT2D eigenvalue weighted by molar-refractivity contribution is 0.104. The van der Waals surface area contributed by atoms with Gasteiger partial charge in [0, 0.05) is 5.75 Å². The number of aromatic nitrogens is 1. The minimum atomic E-state index is -4.49. The Hall–Kier alpha value is -1.38. The third-order valence-corrected chi connectivity index (χ3v) is 5.69. The second kappa shape index (κ2) is 5.68. The van der Waals surface area contributed by atoms with E-state index >= 15 is 0 Å². The first kappa shape index (κ1) is 15.5. The van der Waals surface area contributed by atoms with E-state index in [-0.39, 0.29) is 22.4 Å². The van der Waals surface area contributed by atoms with E-state index in [9.17, 15) is 9.36 Å². The largest absolute Gasteiger partial charge is 0.446 e. The van der Waals surface area contributed by atoms with Gasteiger partial charge in [-0.25, -0.2) is 4.98 Å². The molecule has 0 saturated heterocycles. The Bertz CT molecular complexity index is 819. The van der Waals surface area contributed by atoms with Crippen molar-refractivity contribution in [2.45, 2.75) is 6.42 Å². The number of carbonyl (C=O) groups is 1. The van der Waals surface area contributed by atoms with Gasteiger partial charge in [0.15, 0.2) is 10.9 Å². The van der Waals surface area contributed by atoms with Crippen molar-refractivity contribution in [1.29, 1.82) is 0 Å². The topological polar surface area (TPSA) is 127 Å². The van der Waals surface area contributed by atoms with Gasteiger partial charge >= 0.3 is 7.60 Å². The maximum absolute atomic E-state index is 12.5. The number of hydrogen-bond acceptors (Lipinski definition) is 7. The molecule has 10 heteroatoms. The fourth-order valence-electron chi connectivity index (χ4n) is 1.96. The van der Waals surface area contributed by atoms with Crippen molar-refractivity contribution >= 4 is 47.1 Å². The van der Waals surface area contributed by atoms with Crippen molar-refractivity contribution in [3.8, 4) is 11.5 Å². The fraction of sp³-hybridized carbons (Fsp3) is 0.167. The van der Waals surface area contributed by atoms with Crippen LogP contribution in [-0.4, -0.2) is 26.3 Å². The molecule has 0 amide bonds. The van der Waals surface area contributed by atoms with Crippen molar-refractivity contribution in [2.24, 2.45) is 0 Å². The zero-order valence-electron chi connectivity index (χ0n) is 11.1. The van der Waals surface area contributed by atoms with Crippen molar-refractivity contribution in [3.63, 3.8) is 0 Å². The van der Waals surface area contributed by atoms with Crippen LogP contribution in [0.1, 0.15) is 16.1 Å². The molecule has 0 bridgehead atoms. The van der Waals surface area contributed by atoms with Gasteiger partial charge in [-0.15, -0.1) is 11.8 Å². The molecule has 0 aromatic carbocycles. The van der Waals surface area contributed by atoms with Crippen molar-refractivity contribution in [3.05, 3.63) is 28.0 Å². The van der Waals surface area contributed by atoms with Gasteiger partial charge < -0.3 is 19.9 Å². The second-order valence-electron chi connectivity index (χ2n) is 4.45. The number of rotatable bonds is 4. The van der Waals surface area contributed by atoms with Crippen LogP contribution >= 0.6 is 30.7 Å². The van der Waals surface area contributed by atoms with E-state index in [0.29, 0.717) is 9.78 Å². The Morgan fingerprint density at radius 3 is 2.77 bits per heavy atom. The summed E-state index contributed by atoms with van der Waals surface area (Å²) in [7, 11) is -4.49. The number of carbonyl (C=O) groups excluding carboxylic acids is 1. The summed E-state index contributed by atoms with van der Waals surface area (Å²) in [6.45, 7) is 0. The Balaban J connectivity index is 2.03. The first-order valence-electron chi connectivity index (χ1n) is 6.16. The van der Waals surface area contributed by atoms with E-state index in [1.54, 1.807) is 0 Å². The molecule has 0 atom stereocenters. The van der Waals surface area contributed by atoms with Crippen LogP contribution < -0.4 is 11.2 Å². The monoisotopic (exact) mass is 358 g/mol. The van der Waals surface area contributed by atoms with Crippen LogP contribution in [0.2, 0.25) is 0 Å². The number of thiazole rings is 1. The lowest BCUT2D eigenvalue weighted by atomic mass is 10.2. The summed E-state index contributed by atoms with van der Waals surface area (Å²) < 4.78 is 16.3. The SMILES string of the molecule is Nc1nc(-c2ccc(P(=O)(O)O)o2)c(C(=O)C2=CCCS2)s1. The van der Waals surface area contributed by atoms with Crippen LogP contribution in [0.4, 0.5) is 5.13 Å². The third-order valence-electron chi connectivity index (χ3n) is 2.89. The molecular formula is C12H11N2O5PS2. The van der Waals surface area contributed by atoms with Gasteiger partial charge in [0.05, 0.1) is 4.91 Å². The van der Waals surface area contributed by atoms with Crippen LogP contribution in [0, 0.1) is 0 Å². The molecule has 116 valence electrons. The fourth-order valence-corrected chi connectivity index (χ4v) is 4.22. The molecule has 1 aliphatic rings. The molecule has 2 aromatic heterocycles. The van der Waals surface area contributed by atoms with Crippen molar-refractivity contribution in [2.75, 3.05) is 11.5 Å². The summed E-state index contributed by atoms with van der Waals surface area (Å²) in [5, 5.41) is 0.191. The molecule has 7 nitrogen and oxygen atoms in total. The van der Waals surface area contributed by atoms with Crippen LogP contribution in [0.15, 0.2) is 27.5 Å².